The Balaban J connectivity index is 1.43. The fourth-order valence-electron chi connectivity index (χ4n) is 4.66. The van der Waals surface area contributed by atoms with E-state index >= 15 is 0 Å². The van der Waals surface area contributed by atoms with Gasteiger partial charge in [0.1, 0.15) is 0 Å². The van der Waals surface area contributed by atoms with Crippen LogP contribution >= 0.6 is 0 Å². The summed E-state index contributed by atoms with van der Waals surface area (Å²) in [5.41, 5.74) is 1.53. The lowest BCUT2D eigenvalue weighted by atomic mass is 9.86. The van der Waals surface area contributed by atoms with Crippen LogP contribution in [0.25, 0.3) is 11.2 Å². The molecular weight excluding hydrogens is 328 g/mol. The van der Waals surface area contributed by atoms with Gasteiger partial charge in [-0.3, -0.25) is 13.9 Å². The van der Waals surface area contributed by atoms with Gasteiger partial charge in [0.05, 0.1) is 11.6 Å². The molecule has 2 aromatic heterocycles. The minimum atomic E-state index is -0.0415. The van der Waals surface area contributed by atoms with Crippen molar-refractivity contribution in [3.8, 4) is 0 Å². The summed E-state index contributed by atoms with van der Waals surface area (Å²) in [7, 11) is 1.78. The second kappa shape index (κ2) is 7.25. The van der Waals surface area contributed by atoms with Gasteiger partial charge >= 0.3 is 5.69 Å². The molecule has 2 fully saturated rings. The highest BCUT2D eigenvalue weighted by Gasteiger charge is 2.30. The topological polar surface area (TPSA) is 60.1 Å². The molecule has 140 valence electrons. The van der Waals surface area contributed by atoms with Gasteiger partial charge in [-0.1, -0.05) is 32.1 Å². The fourth-order valence-corrected chi connectivity index (χ4v) is 4.66. The number of nitrogens with zero attached hydrogens (tertiary/aromatic N) is 4. The first-order valence-corrected chi connectivity index (χ1v) is 9.95. The van der Waals surface area contributed by atoms with Gasteiger partial charge in [-0.15, -0.1) is 0 Å². The Bertz CT molecular complexity index is 847. The summed E-state index contributed by atoms with van der Waals surface area (Å²) < 4.78 is 3.43. The van der Waals surface area contributed by atoms with Gasteiger partial charge in [-0.05, 0) is 30.9 Å². The molecule has 1 saturated heterocycles. The third-order valence-corrected chi connectivity index (χ3v) is 6.22. The van der Waals surface area contributed by atoms with E-state index in [0.717, 1.165) is 36.5 Å². The summed E-state index contributed by atoms with van der Waals surface area (Å²) in [4.78, 5) is 31.7. The molecule has 0 radical (unpaired) electrons. The van der Waals surface area contributed by atoms with E-state index in [9.17, 15) is 9.59 Å². The van der Waals surface area contributed by atoms with E-state index in [4.69, 9.17) is 0 Å². The van der Waals surface area contributed by atoms with Crippen molar-refractivity contribution in [2.75, 3.05) is 13.1 Å². The quantitative estimate of drug-likeness (QED) is 0.846. The van der Waals surface area contributed by atoms with Crippen LogP contribution in [0.5, 0.6) is 0 Å². The molecule has 26 heavy (non-hydrogen) atoms. The summed E-state index contributed by atoms with van der Waals surface area (Å²) >= 11 is 0. The van der Waals surface area contributed by atoms with E-state index in [1.165, 1.54) is 32.1 Å². The van der Waals surface area contributed by atoms with Gasteiger partial charge in [0, 0.05) is 32.8 Å². The zero-order valence-electron chi connectivity index (χ0n) is 15.6. The molecule has 1 aliphatic carbocycles. The molecule has 0 N–H and O–H groups in total. The molecule has 0 aromatic carbocycles. The van der Waals surface area contributed by atoms with Crippen LogP contribution < -0.4 is 5.69 Å². The monoisotopic (exact) mass is 356 g/mol. The van der Waals surface area contributed by atoms with Crippen molar-refractivity contribution in [3.05, 3.63) is 28.8 Å². The molecule has 0 unspecified atom stereocenters. The van der Waals surface area contributed by atoms with Crippen LogP contribution in [0.3, 0.4) is 0 Å². The number of fused-ring (bicyclic) bond motifs is 1. The largest absolute Gasteiger partial charge is 0.341 e. The SMILES string of the molecule is Cn1c(=O)n([C@@H]2CCN(C(=O)CCC3CCCCC3)C2)c2ncccc21. The van der Waals surface area contributed by atoms with Crippen molar-refractivity contribution < 1.29 is 4.79 Å². The highest BCUT2D eigenvalue weighted by Crippen LogP contribution is 2.29. The first kappa shape index (κ1) is 17.3. The Labute approximate surface area is 153 Å². The van der Waals surface area contributed by atoms with E-state index < -0.39 is 0 Å². The Morgan fingerprint density at radius 2 is 2.04 bits per heavy atom. The number of amides is 1. The first-order chi connectivity index (χ1) is 12.6. The lowest BCUT2D eigenvalue weighted by Gasteiger charge is -2.23. The number of carbonyl (C=O) groups is 1. The highest BCUT2D eigenvalue weighted by atomic mass is 16.2. The van der Waals surface area contributed by atoms with E-state index in [1.54, 1.807) is 22.4 Å². The molecular formula is C20H28N4O2. The van der Waals surface area contributed by atoms with Gasteiger partial charge in [0.15, 0.2) is 5.65 Å². The molecule has 6 heteroatoms. The zero-order chi connectivity index (χ0) is 18.1. The fraction of sp³-hybridized carbons (Fsp3) is 0.650. The number of carbonyl (C=O) groups excluding carboxylic acids is 1. The maximum atomic E-state index is 12.7. The number of likely N-dealkylation sites (tertiary alicyclic amines) is 1. The van der Waals surface area contributed by atoms with Crippen molar-refractivity contribution in [3.63, 3.8) is 0 Å². The summed E-state index contributed by atoms with van der Waals surface area (Å²) in [5.74, 6) is 0.982. The molecule has 1 amide bonds. The maximum absolute atomic E-state index is 12.7. The number of imidazole rings is 1. The van der Waals surface area contributed by atoms with Gasteiger partial charge in [0.25, 0.3) is 0 Å². The number of rotatable bonds is 4. The second-order valence-corrected chi connectivity index (χ2v) is 7.88. The van der Waals surface area contributed by atoms with E-state index in [-0.39, 0.29) is 17.6 Å². The van der Waals surface area contributed by atoms with Gasteiger partial charge in [-0.25, -0.2) is 9.78 Å². The highest BCUT2D eigenvalue weighted by molar-refractivity contribution is 5.76. The van der Waals surface area contributed by atoms with E-state index in [0.29, 0.717) is 13.0 Å². The molecule has 0 bridgehead atoms. The second-order valence-electron chi connectivity index (χ2n) is 7.88. The van der Waals surface area contributed by atoms with Crippen molar-refractivity contribution >= 4 is 17.1 Å². The molecule has 2 aliphatic rings. The molecule has 1 saturated carbocycles. The molecule has 1 atom stereocenters. The Morgan fingerprint density at radius 3 is 2.85 bits per heavy atom. The molecule has 0 spiro atoms. The van der Waals surface area contributed by atoms with Crippen LogP contribution in [0.1, 0.15) is 57.4 Å². The van der Waals surface area contributed by atoms with Gasteiger partial charge in [-0.2, -0.15) is 0 Å². The first-order valence-electron chi connectivity index (χ1n) is 9.95. The number of hydrogen-bond acceptors (Lipinski definition) is 3. The molecule has 6 nitrogen and oxygen atoms in total. The van der Waals surface area contributed by atoms with Crippen molar-refractivity contribution in [1.29, 1.82) is 0 Å². The minimum Gasteiger partial charge on any atom is -0.341 e. The molecule has 1 aliphatic heterocycles. The molecule has 3 heterocycles. The average Bonchev–Trinajstić information content (AvgIpc) is 3.25. The Hall–Kier alpha value is -2.11. The zero-order valence-corrected chi connectivity index (χ0v) is 15.6. The third kappa shape index (κ3) is 3.17. The lowest BCUT2D eigenvalue weighted by molar-refractivity contribution is -0.130. The molecule has 4 rings (SSSR count). The van der Waals surface area contributed by atoms with Crippen molar-refractivity contribution in [2.45, 2.75) is 57.4 Å². The van der Waals surface area contributed by atoms with Crippen LogP contribution in [0, 0.1) is 5.92 Å². The number of hydrogen-bond donors (Lipinski definition) is 0. The van der Waals surface area contributed by atoms with Crippen LogP contribution in [0.4, 0.5) is 0 Å². The predicted molar refractivity (Wildman–Crippen MR) is 101 cm³/mol. The average molecular weight is 356 g/mol. The third-order valence-electron chi connectivity index (χ3n) is 6.22. The standard InChI is InChI=1S/C20H28N4O2/c1-22-17-8-5-12-21-19(17)24(20(22)26)16-11-13-23(14-16)18(25)10-9-15-6-3-2-4-7-15/h5,8,12,15-16H,2-4,6-7,9-11,13-14H2,1H3/t16-/m1/s1. The number of pyridine rings is 1. The van der Waals surface area contributed by atoms with Gasteiger partial charge in [0.2, 0.25) is 5.91 Å². The summed E-state index contributed by atoms with van der Waals surface area (Å²) in [6.07, 6.45) is 10.8. The maximum Gasteiger partial charge on any atom is 0.330 e. The van der Waals surface area contributed by atoms with Crippen LogP contribution in [-0.2, 0) is 11.8 Å². The smallest absolute Gasteiger partial charge is 0.330 e. The number of aryl methyl sites for hydroxylation is 1. The normalized spacial score (nSPS) is 21.6. The van der Waals surface area contributed by atoms with E-state index in [1.807, 2.05) is 17.0 Å². The van der Waals surface area contributed by atoms with Crippen LogP contribution in [0.15, 0.2) is 23.1 Å². The lowest BCUT2D eigenvalue weighted by Crippen LogP contribution is -2.32. The number of aromatic nitrogens is 3. The summed E-state index contributed by atoms with van der Waals surface area (Å²) in [5, 5.41) is 0. The van der Waals surface area contributed by atoms with Gasteiger partial charge < -0.3 is 4.90 Å². The van der Waals surface area contributed by atoms with E-state index in [2.05, 4.69) is 4.98 Å². The van der Waals surface area contributed by atoms with Crippen molar-refractivity contribution in [2.24, 2.45) is 13.0 Å². The minimum absolute atomic E-state index is 0.0275. The van der Waals surface area contributed by atoms with Crippen molar-refractivity contribution in [1.82, 2.24) is 19.0 Å². The summed E-state index contributed by atoms with van der Waals surface area (Å²) in [6, 6.07) is 3.80. The van der Waals surface area contributed by atoms with Crippen LogP contribution in [0.2, 0.25) is 0 Å². The van der Waals surface area contributed by atoms with Crippen LogP contribution in [-0.4, -0.2) is 38.0 Å². The predicted octanol–water partition coefficient (Wildman–Crippen LogP) is 2.87. The Morgan fingerprint density at radius 1 is 1.23 bits per heavy atom. The molecule has 2 aromatic rings. The summed E-state index contributed by atoms with van der Waals surface area (Å²) in [6.45, 7) is 1.36. The Kier molecular flexibility index (Phi) is 4.83.